The molecular weight excluding hydrogens is 457 g/mol. The normalized spacial score (nSPS) is 11.0. The van der Waals surface area contributed by atoms with Gasteiger partial charge in [-0.3, -0.25) is 4.79 Å². The van der Waals surface area contributed by atoms with Crippen LogP contribution in [0.25, 0.3) is 22.0 Å². The van der Waals surface area contributed by atoms with E-state index in [0.29, 0.717) is 36.1 Å². The molecule has 4 rings (SSSR count). The smallest absolute Gasteiger partial charge is 0.306 e. The van der Waals surface area contributed by atoms with Crippen molar-refractivity contribution in [1.82, 2.24) is 4.57 Å². The van der Waals surface area contributed by atoms with Crippen LogP contribution in [0.4, 0.5) is 0 Å². The Balaban J connectivity index is 1.48. The number of nitrogens with zero attached hydrogens (tertiary/aromatic N) is 1. The molecule has 1 heterocycles. The molecule has 0 unspecified atom stereocenters. The van der Waals surface area contributed by atoms with E-state index in [4.69, 9.17) is 32.7 Å². The van der Waals surface area contributed by atoms with Crippen LogP contribution in [0, 0.1) is 0 Å². The summed E-state index contributed by atoms with van der Waals surface area (Å²) in [7, 11) is 2.00. The van der Waals surface area contributed by atoms with E-state index in [2.05, 4.69) is 10.6 Å². The Labute approximate surface area is 203 Å². The van der Waals surface area contributed by atoms with Crippen LogP contribution in [0.2, 0.25) is 10.0 Å². The van der Waals surface area contributed by atoms with Crippen molar-refractivity contribution in [1.29, 1.82) is 0 Å². The van der Waals surface area contributed by atoms with Gasteiger partial charge in [-0.15, -0.1) is 0 Å². The van der Waals surface area contributed by atoms with Crippen LogP contribution in [0.3, 0.4) is 0 Å². The summed E-state index contributed by atoms with van der Waals surface area (Å²) in [4.78, 5) is 11.7. The molecule has 0 saturated carbocycles. The van der Waals surface area contributed by atoms with Gasteiger partial charge in [-0.2, -0.15) is 0 Å². The van der Waals surface area contributed by atoms with Gasteiger partial charge in [0.2, 0.25) is 0 Å². The third kappa shape index (κ3) is 5.35. The lowest BCUT2D eigenvalue weighted by Gasteiger charge is -2.12. The molecule has 0 fully saturated rings. The highest BCUT2D eigenvalue weighted by molar-refractivity contribution is 6.39. The molecular formula is C27H25Cl2NO3. The molecule has 170 valence electrons. The minimum absolute atomic E-state index is 0.178. The fourth-order valence-corrected chi connectivity index (χ4v) is 4.68. The second-order valence-electron chi connectivity index (χ2n) is 7.81. The molecule has 0 aliphatic carbocycles. The zero-order valence-electron chi connectivity index (χ0n) is 18.6. The van der Waals surface area contributed by atoms with Gasteiger partial charge < -0.3 is 14.0 Å². The summed E-state index contributed by atoms with van der Waals surface area (Å²) in [5.41, 5.74) is 4.86. The fraction of sp³-hybridized carbons (Fsp3) is 0.222. The van der Waals surface area contributed by atoms with Crippen molar-refractivity contribution in [3.8, 4) is 16.9 Å². The number of rotatable bonds is 8. The van der Waals surface area contributed by atoms with Crippen molar-refractivity contribution in [3.05, 3.63) is 88.0 Å². The molecule has 6 heteroatoms. The predicted octanol–water partition coefficient (Wildman–Crippen LogP) is 7.23. The van der Waals surface area contributed by atoms with E-state index in [1.165, 1.54) is 0 Å². The van der Waals surface area contributed by atoms with Crippen LogP contribution in [0.1, 0.15) is 24.6 Å². The molecule has 0 bridgehead atoms. The maximum atomic E-state index is 11.7. The maximum Gasteiger partial charge on any atom is 0.306 e. The number of benzene rings is 3. The van der Waals surface area contributed by atoms with Crippen molar-refractivity contribution < 1.29 is 14.3 Å². The number of esters is 1. The second-order valence-corrected chi connectivity index (χ2v) is 8.62. The number of carbonyl (C=O) groups excluding carboxylic acids is 1. The number of halogens is 2. The highest BCUT2D eigenvalue weighted by atomic mass is 35.5. The van der Waals surface area contributed by atoms with E-state index < -0.39 is 0 Å². The Morgan fingerprint density at radius 1 is 0.970 bits per heavy atom. The molecule has 0 N–H and O–H groups in total. The molecule has 0 saturated heterocycles. The number of ether oxygens (including phenoxy) is 2. The van der Waals surface area contributed by atoms with E-state index in [1.54, 1.807) is 0 Å². The van der Waals surface area contributed by atoms with Crippen LogP contribution < -0.4 is 4.74 Å². The quantitative estimate of drug-likeness (QED) is 0.249. The van der Waals surface area contributed by atoms with E-state index in [0.717, 1.165) is 39.0 Å². The number of hydrogen-bond acceptors (Lipinski definition) is 3. The highest BCUT2D eigenvalue weighted by Gasteiger charge is 2.12. The van der Waals surface area contributed by atoms with Gasteiger partial charge in [0.25, 0.3) is 0 Å². The zero-order valence-corrected chi connectivity index (χ0v) is 20.1. The van der Waals surface area contributed by atoms with Gasteiger partial charge >= 0.3 is 5.97 Å². The van der Waals surface area contributed by atoms with Gasteiger partial charge in [0.1, 0.15) is 12.4 Å². The number of fused-ring (bicyclic) bond motifs is 1. The molecule has 0 atom stereocenters. The van der Waals surface area contributed by atoms with E-state index in [9.17, 15) is 4.79 Å². The first-order valence-corrected chi connectivity index (χ1v) is 11.6. The monoisotopic (exact) mass is 481 g/mol. The maximum absolute atomic E-state index is 11.7. The van der Waals surface area contributed by atoms with Crippen molar-refractivity contribution >= 4 is 40.1 Å². The van der Waals surface area contributed by atoms with Crippen molar-refractivity contribution in [2.24, 2.45) is 7.05 Å². The Morgan fingerprint density at radius 2 is 1.70 bits per heavy atom. The number of carbonyl (C=O) groups is 1. The molecule has 3 aromatic carbocycles. The molecule has 33 heavy (non-hydrogen) atoms. The van der Waals surface area contributed by atoms with Gasteiger partial charge in [0.15, 0.2) is 0 Å². The molecule has 0 aliphatic heterocycles. The summed E-state index contributed by atoms with van der Waals surface area (Å²) in [5.74, 6) is 0.576. The Morgan fingerprint density at radius 3 is 2.39 bits per heavy atom. The van der Waals surface area contributed by atoms with Crippen LogP contribution in [-0.2, 0) is 29.6 Å². The van der Waals surface area contributed by atoms with Gasteiger partial charge in [-0.1, -0.05) is 53.5 Å². The third-order valence-electron chi connectivity index (χ3n) is 5.57. The van der Waals surface area contributed by atoms with Gasteiger partial charge in [0, 0.05) is 29.2 Å². The minimum Gasteiger partial charge on any atom is -0.489 e. The summed E-state index contributed by atoms with van der Waals surface area (Å²) in [5, 5.41) is 2.25. The third-order valence-corrected chi connectivity index (χ3v) is 6.17. The summed E-state index contributed by atoms with van der Waals surface area (Å²) in [6.45, 7) is 2.57. The molecule has 0 radical (unpaired) electrons. The zero-order chi connectivity index (χ0) is 23.4. The van der Waals surface area contributed by atoms with Gasteiger partial charge in [-0.25, -0.2) is 0 Å². The fourth-order valence-electron chi connectivity index (χ4n) is 3.93. The molecule has 4 nitrogen and oxygen atoms in total. The van der Waals surface area contributed by atoms with Crippen LogP contribution in [0.15, 0.2) is 66.7 Å². The second kappa shape index (κ2) is 10.3. The minimum atomic E-state index is -0.178. The van der Waals surface area contributed by atoms with Crippen LogP contribution in [0.5, 0.6) is 5.75 Å². The Kier molecular flexibility index (Phi) is 7.26. The van der Waals surface area contributed by atoms with Crippen molar-refractivity contribution in [2.45, 2.75) is 26.4 Å². The van der Waals surface area contributed by atoms with E-state index in [-0.39, 0.29) is 5.97 Å². The number of hydrogen-bond donors (Lipinski definition) is 0. The SMILES string of the molecule is CCOC(=O)CCc1cc2cc(OCc3cc(Cl)c(-c4ccccc4)c(Cl)c3)ccc2n1C. The number of aryl methyl sites for hydroxylation is 2. The lowest BCUT2D eigenvalue weighted by Crippen LogP contribution is -2.06. The average molecular weight is 482 g/mol. The van der Waals surface area contributed by atoms with Crippen molar-refractivity contribution in [2.75, 3.05) is 6.61 Å². The molecule has 0 aliphatic rings. The molecule has 1 aromatic heterocycles. The Hall–Kier alpha value is -2.95. The summed E-state index contributed by atoms with van der Waals surface area (Å²) in [6, 6.07) is 21.7. The Bertz CT molecular complexity index is 1260. The standard InChI is InChI=1S/C27H25Cl2NO3/c1-3-32-26(31)12-9-21-15-20-16-22(10-11-25(20)30(21)2)33-17-18-13-23(28)27(24(29)14-18)19-7-5-4-6-8-19/h4-8,10-11,13-16H,3,9,12,17H2,1-2H3. The van der Waals surface area contributed by atoms with Gasteiger partial charge in [0.05, 0.1) is 23.1 Å². The molecule has 0 amide bonds. The summed E-state index contributed by atoms with van der Waals surface area (Å²) < 4.78 is 13.2. The average Bonchev–Trinajstić information content (AvgIpc) is 3.11. The first-order valence-electron chi connectivity index (χ1n) is 10.9. The summed E-state index contributed by atoms with van der Waals surface area (Å²) in [6.07, 6.45) is 0.993. The number of aromatic nitrogens is 1. The molecule has 4 aromatic rings. The topological polar surface area (TPSA) is 40.5 Å². The first-order chi connectivity index (χ1) is 16.0. The molecule has 0 spiro atoms. The van der Waals surface area contributed by atoms with Crippen LogP contribution >= 0.6 is 23.2 Å². The predicted molar refractivity (Wildman–Crippen MR) is 134 cm³/mol. The van der Waals surface area contributed by atoms with E-state index in [1.807, 2.05) is 74.6 Å². The lowest BCUT2D eigenvalue weighted by molar-refractivity contribution is -0.143. The van der Waals surface area contributed by atoms with E-state index >= 15 is 0 Å². The lowest BCUT2D eigenvalue weighted by atomic mass is 10.0. The first kappa shape index (κ1) is 23.2. The highest BCUT2D eigenvalue weighted by Crippen LogP contribution is 2.36. The van der Waals surface area contributed by atoms with Crippen molar-refractivity contribution in [3.63, 3.8) is 0 Å². The summed E-state index contributed by atoms with van der Waals surface area (Å²) >= 11 is 13.1. The van der Waals surface area contributed by atoms with Crippen LogP contribution in [-0.4, -0.2) is 17.1 Å². The van der Waals surface area contributed by atoms with Gasteiger partial charge in [-0.05, 0) is 60.9 Å². The largest absolute Gasteiger partial charge is 0.489 e.